The largest absolute Gasteiger partial charge is 0.385 e. The first-order chi connectivity index (χ1) is 8.38. The second-order valence-electron chi connectivity index (χ2n) is 4.48. The smallest absolute Gasteiger partial charge is 0.0992 e. The fourth-order valence-corrected chi connectivity index (χ4v) is 2.20. The van der Waals surface area contributed by atoms with Crippen LogP contribution in [0.3, 0.4) is 0 Å². The van der Waals surface area contributed by atoms with E-state index in [2.05, 4.69) is 17.5 Å². The Morgan fingerprint density at radius 3 is 3.00 bits per heavy atom. The monoisotopic (exact) mass is 226 g/mol. The average Bonchev–Trinajstić information content (AvgIpc) is 2.40. The Balaban J connectivity index is 1.81. The van der Waals surface area contributed by atoms with Crippen LogP contribution in [-0.2, 0) is 0 Å². The van der Waals surface area contributed by atoms with E-state index in [-0.39, 0.29) is 0 Å². The molecule has 2 rings (SSSR count). The number of hydrogen-bond donors (Lipinski definition) is 1. The third-order valence-corrected chi connectivity index (χ3v) is 3.15. The number of rotatable bonds is 4. The molecular formula is C15H18N2. The number of hydrogen-bond acceptors (Lipinski definition) is 2. The van der Waals surface area contributed by atoms with Gasteiger partial charge in [0, 0.05) is 12.2 Å². The third kappa shape index (κ3) is 3.64. The van der Waals surface area contributed by atoms with Crippen molar-refractivity contribution in [3.05, 3.63) is 41.5 Å². The summed E-state index contributed by atoms with van der Waals surface area (Å²) in [6.45, 7) is 0.959. The van der Waals surface area contributed by atoms with Crippen molar-refractivity contribution < 1.29 is 0 Å². The van der Waals surface area contributed by atoms with Crippen molar-refractivity contribution in [3.63, 3.8) is 0 Å². The van der Waals surface area contributed by atoms with Gasteiger partial charge in [0.2, 0.25) is 0 Å². The maximum Gasteiger partial charge on any atom is 0.0992 e. The molecule has 0 spiro atoms. The lowest BCUT2D eigenvalue weighted by molar-refractivity contribution is 0.679. The maximum atomic E-state index is 8.80. The van der Waals surface area contributed by atoms with E-state index in [1.54, 1.807) is 5.57 Å². The minimum absolute atomic E-state index is 0.715. The lowest BCUT2D eigenvalue weighted by Gasteiger charge is -2.13. The molecule has 2 nitrogen and oxygen atoms in total. The van der Waals surface area contributed by atoms with Gasteiger partial charge in [-0.15, -0.1) is 0 Å². The Morgan fingerprint density at radius 1 is 1.29 bits per heavy atom. The number of nitrogens with one attached hydrogen (secondary N) is 1. The highest BCUT2D eigenvalue weighted by molar-refractivity contribution is 5.49. The summed E-state index contributed by atoms with van der Waals surface area (Å²) in [5.41, 5.74) is 3.34. The van der Waals surface area contributed by atoms with Crippen molar-refractivity contribution in [1.82, 2.24) is 0 Å². The predicted octanol–water partition coefficient (Wildman–Crippen LogP) is 3.86. The molecule has 0 saturated carbocycles. The summed E-state index contributed by atoms with van der Waals surface area (Å²) in [6, 6.07) is 9.81. The van der Waals surface area contributed by atoms with E-state index in [9.17, 15) is 0 Å². The van der Waals surface area contributed by atoms with Gasteiger partial charge in [0.25, 0.3) is 0 Å². The van der Waals surface area contributed by atoms with Crippen LogP contribution in [0.5, 0.6) is 0 Å². The van der Waals surface area contributed by atoms with Gasteiger partial charge in [-0.05, 0) is 50.3 Å². The Morgan fingerprint density at radius 2 is 2.24 bits per heavy atom. The molecule has 1 aromatic rings. The molecule has 0 aliphatic heterocycles. The highest BCUT2D eigenvalue weighted by Gasteiger charge is 2.03. The summed E-state index contributed by atoms with van der Waals surface area (Å²) in [5, 5.41) is 12.2. The Labute approximate surface area is 103 Å². The summed E-state index contributed by atoms with van der Waals surface area (Å²) < 4.78 is 0. The quantitative estimate of drug-likeness (QED) is 0.791. The van der Waals surface area contributed by atoms with Crippen LogP contribution >= 0.6 is 0 Å². The minimum atomic E-state index is 0.715. The van der Waals surface area contributed by atoms with E-state index in [4.69, 9.17) is 5.26 Å². The molecule has 0 heterocycles. The summed E-state index contributed by atoms with van der Waals surface area (Å²) in [4.78, 5) is 0. The third-order valence-electron chi connectivity index (χ3n) is 3.15. The van der Waals surface area contributed by atoms with Crippen LogP contribution in [0.4, 0.5) is 5.69 Å². The zero-order valence-corrected chi connectivity index (χ0v) is 10.1. The Hall–Kier alpha value is -1.75. The van der Waals surface area contributed by atoms with E-state index >= 15 is 0 Å². The molecule has 0 radical (unpaired) electrons. The van der Waals surface area contributed by atoms with Crippen molar-refractivity contribution in [3.8, 4) is 6.07 Å². The number of benzene rings is 1. The van der Waals surface area contributed by atoms with Crippen LogP contribution in [-0.4, -0.2) is 6.54 Å². The first kappa shape index (κ1) is 11.7. The molecule has 1 aliphatic carbocycles. The second kappa shape index (κ2) is 6.10. The summed E-state index contributed by atoms with van der Waals surface area (Å²) >= 11 is 0. The van der Waals surface area contributed by atoms with Crippen LogP contribution in [0.2, 0.25) is 0 Å². The molecule has 88 valence electrons. The van der Waals surface area contributed by atoms with Gasteiger partial charge in [-0.3, -0.25) is 0 Å². The van der Waals surface area contributed by atoms with E-state index in [1.165, 1.54) is 25.7 Å². The first-order valence-corrected chi connectivity index (χ1v) is 6.30. The lowest BCUT2D eigenvalue weighted by atomic mass is 9.97. The maximum absolute atomic E-state index is 8.80. The highest BCUT2D eigenvalue weighted by Crippen LogP contribution is 2.20. The van der Waals surface area contributed by atoms with Gasteiger partial charge < -0.3 is 5.32 Å². The van der Waals surface area contributed by atoms with Gasteiger partial charge in [-0.25, -0.2) is 0 Å². The van der Waals surface area contributed by atoms with Gasteiger partial charge in [0.1, 0.15) is 0 Å². The van der Waals surface area contributed by atoms with Crippen molar-refractivity contribution in [1.29, 1.82) is 5.26 Å². The van der Waals surface area contributed by atoms with E-state index in [0.29, 0.717) is 5.56 Å². The van der Waals surface area contributed by atoms with Crippen LogP contribution in [0.25, 0.3) is 0 Å². The molecule has 0 fully saturated rings. The molecule has 2 heteroatoms. The zero-order valence-electron chi connectivity index (χ0n) is 10.1. The van der Waals surface area contributed by atoms with E-state index in [0.717, 1.165) is 18.7 Å². The van der Waals surface area contributed by atoms with Crippen LogP contribution < -0.4 is 5.32 Å². The van der Waals surface area contributed by atoms with E-state index in [1.807, 2.05) is 24.3 Å². The molecule has 0 saturated heterocycles. The van der Waals surface area contributed by atoms with Crippen molar-refractivity contribution >= 4 is 5.69 Å². The number of anilines is 1. The highest BCUT2D eigenvalue weighted by atomic mass is 14.9. The fourth-order valence-electron chi connectivity index (χ4n) is 2.20. The fraction of sp³-hybridized carbons (Fsp3) is 0.400. The van der Waals surface area contributed by atoms with Gasteiger partial charge in [0.15, 0.2) is 0 Å². The summed E-state index contributed by atoms with van der Waals surface area (Å²) in [6.07, 6.45) is 8.71. The van der Waals surface area contributed by atoms with Gasteiger partial charge in [-0.1, -0.05) is 17.7 Å². The molecule has 1 aliphatic rings. The molecule has 1 N–H and O–H groups in total. The molecule has 17 heavy (non-hydrogen) atoms. The summed E-state index contributed by atoms with van der Waals surface area (Å²) in [5.74, 6) is 0. The van der Waals surface area contributed by atoms with Crippen molar-refractivity contribution in [2.75, 3.05) is 11.9 Å². The standard InChI is InChI=1S/C15H18N2/c16-12-14-7-4-8-15(11-14)17-10-9-13-5-2-1-3-6-13/h4-5,7-8,11,17H,1-3,6,9-10H2. The first-order valence-electron chi connectivity index (χ1n) is 6.30. The molecule has 0 aromatic heterocycles. The molecule has 0 atom stereocenters. The lowest BCUT2D eigenvalue weighted by Crippen LogP contribution is -2.04. The van der Waals surface area contributed by atoms with Gasteiger partial charge >= 0.3 is 0 Å². The topological polar surface area (TPSA) is 35.8 Å². The Kier molecular flexibility index (Phi) is 4.21. The summed E-state index contributed by atoms with van der Waals surface area (Å²) in [7, 11) is 0. The predicted molar refractivity (Wildman–Crippen MR) is 70.8 cm³/mol. The number of nitriles is 1. The molecule has 0 amide bonds. The minimum Gasteiger partial charge on any atom is -0.385 e. The molecule has 1 aromatic carbocycles. The van der Waals surface area contributed by atoms with Crippen LogP contribution in [0, 0.1) is 11.3 Å². The SMILES string of the molecule is N#Cc1cccc(NCCC2=CCCCC2)c1. The number of nitrogens with zero attached hydrogens (tertiary/aromatic N) is 1. The Bertz CT molecular complexity index is 440. The second-order valence-corrected chi connectivity index (χ2v) is 4.48. The number of allylic oxidation sites excluding steroid dienone is 1. The van der Waals surface area contributed by atoms with Gasteiger partial charge in [0.05, 0.1) is 11.6 Å². The average molecular weight is 226 g/mol. The van der Waals surface area contributed by atoms with Crippen molar-refractivity contribution in [2.24, 2.45) is 0 Å². The van der Waals surface area contributed by atoms with Gasteiger partial charge in [-0.2, -0.15) is 5.26 Å². The van der Waals surface area contributed by atoms with Crippen molar-refractivity contribution in [2.45, 2.75) is 32.1 Å². The van der Waals surface area contributed by atoms with Crippen LogP contribution in [0.15, 0.2) is 35.9 Å². The normalized spacial score (nSPS) is 14.9. The van der Waals surface area contributed by atoms with E-state index < -0.39 is 0 Å². The molecule has 0 unspecified atom stereocenters. The molecular weight excluding hydrogens is 208 g/mol. The van der Waals surface area contributed by atoms with Crippen LogP contribution in [0.1, 0.15) is 37.7 Å². The molecule has 0 bridgehead atoms. The zero-order chi connectivity index (χ0) is 11.9.